The van der Waals surface area contributed by atoms with Gasteiger partial charge in [-0.05, 0) is 54.9 Å². The molecule has 3 unspecified atom stereocenters. The van der Waals surface area contributed by atoms with Crippen LogP contribution in [0.4, 0.5) is 0 Å². The predicted octanol–water partition coefficient (Wildman–Crippen LogP) is 1.01. The van der Waals surface area contributed by atoms with Gasteiger partial charge in [-0.25, -0.2) is 0 Å². The molecule has 0 saturated heterocycles. The zero-order valence-corrected chi connectivity index (χ0v) is 13.3. The molecule has 0 aliphatic carbocycles. The second kappa shape index (κ2) is 8.10. The van der Waals surface area contributed by atoms with Gasteiger partial charge in [0.05, 0.1) is 6.61 Å². The van der Waals surface area contributed by atoms with Crippen LogP contribution in [0.15, 0.2) is 0 Å². The quantitative estimate of drug-likeness (QED) is 0.648. The fourth-order valence-corrected chi connectivity index (χ4v) is 2.71. The zero-order chi connectivity index (χ0) is 14.3. The Labute approximate surface area is 113 Å². The number of hydrogen-bond acceptors (Lipinski definition) is 4. The summed E-state index contributed by atoms with van der Waals surface area (Å²) in [5.41, 5.74) is -0.190. The van der Waals surface area contributed by atoms with Gasteiger partial charge in [0.2, 0.25) is 0 Å². The van der Waals surface area contributed by atoms with Crippen molar-refractivity contribution >= 4 is 0 Å². The van der Waals surface area contributed by atoms with E-state index in [0.717, 1.165) is 19.5 Å². The predicted molar refractivity (Wildman–Crippen MR) is 79.0 cm³/mol. The molecule has 0 radical (unpaired) electrons. The Bertz CT molecular complexity index is 217. The van der Waals surface area contributed by atoms with Crippen LogP contribution in [0, 0.1) is 0 Å². The van der Waals surface area contributed by atoms with Crippen molar-refractivity contribution in [3.05, 3.63) is 0 Å². The Morgan fingerprint density at radius 1 is 1.22 bits per heavy atom. The molecule has 0 spiro atoms. The van der Waals surface area contributed by atoms with Gasteiger partial charge < -0.3 is 15.3 Å². The van der Waals surface area contributed by atoms with E-state index in [-0.39, 0.29) is 12.1 Å². The second-order valence-corrected chi connectivity index (χ2v) is 5.96. The Kier molecular flexibility index (Phi) is 8.03. The lowest BCUT2D eigenvalue weighted by Crippen LogP contribution is -2.52. The maximum atomic E-state index is 9.48. The standard InChI is InChI=1S/C14H33N3O/c1-8-17(13(3)10-16(6)7)12(2)9-14(4,11-18)15-5/h12-13,15,18H,8-11H2,1-7H3. The average molecular weight is 259 g/mol. The maximum absolute atomic E-state index is 9.48. The first-order chi connectivity index (χ1) is 8.29. The minimum absolute atomic E-state index is 0.174. The van der Waals surface area contributed by atoms with Crippen LogP contribution < -0.4 is 5.32 Å². The molecule has 0 heterocycles. The van der Waals surface area contributed by atoms with Crippen LogP contribution in [-0.4, -0.2) is 73.4 Å². The van der Waals surface area contributed by atoms with Crippen molar-refractivity contribution in [3.8, 4) is 0 Å². The summed E-state index contributed by atoms with van der Waals surface area (Å²) in [6.07, 6.45) is 0.950. The van der Waals surface area contributed by atoms with Gasteiger partial charge in [0.15, 0.2) is 0 Å². The van der Waals surface area contributed by atoms with Crippen LogP contribution in [0.3, 0.4) is 0 Å². The third-order valence-electron chi connectivity index (χ3n) is 3.83. The highest BCUT2D eigenvalue weighted by Gasteiger charge is 2.28. The molecular weight excluding hydrogens is 226 g/mol. The Morgan fingerprint density at radius 3 is 2.11 bits per heavy atom. The van der Waals surface area contributed by atoms with Crippen LogP contribution >= 0.6 is 0 Å². The number of nitrogens with one attached hydrogen (secondary N) is 1. The monoisotopic (exact) mass is 259 g/mol. The van der Waals surface area contributed by atoms with Crippen molar-refractivity contribution in [2.45, 2.75) is 51.7 Å². The van der Waals surface area contributed by atoms with Crippen LogP contribution in [0.1, 0.15) is 34.1 Å². The fraction of sp³-hybridized carbons (Fsp3) is 1.00. The molecule has 4 heteroatoms. The molecule has 2 N–H and O–H groups in total. The lowest BCUT2D eigenvalue weighted by molar-refractivity contribution is 0.0894. The van der Waals surface area contributed by atoms with Gasteiger partial charge in [0.1, 0.15) is 0 Å². The average Bonchev–Trinajstić information content (AvgIpc) is 2.28. The highest BCUT2D eigenvalue weighted by atomic mass is 16.3. The summed E-state index contributed by atoms with van der Waals surface area (Å²) in [4.78, 5) is 4.73. The summed E-state index contributed by atoms with van der Waals surface area (Å²) in [6, 6.07) is 0.981. The van der Waals surface area contributed by atoms with Gasteiger partial charge in [0.25, 0.3) is 0 Å². The van der Waals surface area contributed by atoms with Gasteiger partial charge in [-0.1, -0.05) is 6.92 Å². The van der Waals surface area contributed by atoms with E-state index in [1.807, 2.05) is 7.05 Å². The summed E-state index contributed by atoms with van der Waals surface area (Å²) < 4.78 is 0. The number of likely N-dealkylation sites (N-methyl/N-ethyl adjacent to an activating group) is 3. The number of hydrogen-bond donors (Lipinski definition) is 2. The normalized spacial score (nSPS) is 19.0. The summed E-state index contributed by atoms with van der Waals surface area (Å²) >= 11 is 0. The first-order valence-corrected chi connectivity index (χ1v) is 6.99. The van der Waals surface area contributed by atoms with Crippen LogP contribution in [0.25, 0.3) is 0 Å². The summed E-state index contributed by atoms with van der Waals surface area (Å²) in [5.74, 6) is 0. The highest BCUT2D eigenvalue weighted by Crippen LogP contribution is 2.17. The van der Waals surface area contributed by atoms with Gasteiger partial charge in [0, 0.05) is 24.2 Å². The van der Waals surface area contributed by atoms with E-state index in [9.17, 15) is 5.11 Å². The number of aliphatic hydroxyl groups excluding tert-OH is 1. The first-order valence-electron chi connectivity index (χ1n) is 6.99. The molecule has 0 aromatic carbocycles. The molecule has 0 saturated carbocycles. The van der Waals surface area contributed by atoms with Gasteiger partial charge in [-0.15, -0.1) is 0 Å². The molecule has 0 fully saturated rings. The number of aliphatic hydroxyl groups is 1. The van der Waals surface area contributed by atoms with E-state index in [4.69, 9.17) is 0 Å². The van der Waals surface area contributed by atoms with Crippen molar-refractivity contribution in [2.24, 2.45) is 0 Å². The van der Waals surface area contributed by atoms with E-state index in [0.29, 0.717) is 12.1 Å². The number of rotatable bonds is 9. The number of nitrogens with zero attached hydrogens (tertiary/aromatic N) is 2. The largest absolute Gasteiger partial charge is 0.394 e. The fourth-order valence-electron chi connectivity index (χ4n) is 2.71. The van der Waals surface area contributed by atoms with Crippen molar-refractivity contribution in [1.29, 1.82) is 0 Å². The Hall–Kier alpha value is -0.160. The van der Waals surface area contributed by atoms with E-state index in [1.165, 1.54) is 0 Å². The molecule has 0 aromatic rings. The molecule has 0 rings (SSSR count). The molecule has 0 aromatic heterocycles. The summed E-state index contributed by atoms with van der Waals surface area (Å²) in [7, 11) is 6.14. The Morgan fingerprint density at radius 2 is 1.78 bits per heavy atom. The highest BCUT2D eigenvalue weighted by molar-refractivity contribution is 4.87. The molecule has 0 bridgehead atoms. The van der Waals surface area contributed by atoms with Gasteiger partial charge in [-0.2, -0.15) is 0 Å². The topological polar surface area (TPSA) is 38.7 Å². The minimum Gasteiger partial charge on any atom is -0.394 e. The van der Waals surface area contributed by atoms with Crippen LogP contribution in [0.5, 0.6) is 0 Å². The molecule has 3 atom stereocenters. The molecule has 4 nitrogen and oxygen atoms in total. The van der Waals surface area contributed by atoms with Crippen LogP contribution in [-0.2, 0) is 0 Å². The Balaban J connectivity index is 4.55. The lowest BCUT2D eigenvalue weighted by atomic mass is 9.93. The lowest BCUT2D eigenvalue weighted by Gasteiger charge is -2.39. The molecule has 0 aliphatic rings. The molecule has 0 amide bonds. The molecular formula is C14H33N3O. The van der Waals surface area contributed by atoms with Crippen LogP contribution in [0.2, 0.25) is 0 Å². The van der Waals surface area contributed by atoms with E-state index < -0.39 is 0 Å². The third kappa shape index (κ3) is 5.65. The van der Waals surface area contributed by atoms with Crippen molar-refractivity contribution in [2.75, 3.05) is 40.8 Å². The third-order valence-corrected chi connectivity index (χ3v) is 3.83. The van der Waals surface area contributed by atoms with E-state index in [1.54, 1.807) is 0 Å². The van der Waals surface area contributed by atoms with E-state index in [2.05, 4.69) is 56.9 Å². The van der Waals surface area contributed by atoms with Crippen molar-refractivity contribution in [3.63, 3.8) is 0 Å². The molecule has 18 heavy (non-hydrogen) atoms. The minimum atomic E-state index is -0.190. The second-order valence-electron chi connectivity index (χ2n) is 5.96. The first kappa shape index (κ1) is 17.8. The molecule has 0 aliphatic heterocycles. The van der Waals surface area contributed by atoms with E-state index >= 15 is 0 Å². The van der Waals surface area contributed by atoms with Crippen molar-refractivity contribution in [1.82, 2.24) is 15.1 Å². The molecule has 110 valence electrons. The SMILES string of the molecule is CCN(C(C)CN(C)C)C(C)CC(C)(CO)NC. The smallest absolute Gasteiger partial charge is 0.0611 e. The van der Waals surface area contributed by atoms with Gasteiger partial charge >= 0.3 is 0 Å². The zero-order valence-electron chi connectivity index (χ0n) is 13.3. The van der Waals surface area contributed by atoms with Crippen molar-refractivity contribution < 1.29 is 5.11 Å². The summed E-state index contributed by atoms with van der Waals surface area (Å²) in [6.45, 7) is 11.1. The summed E-state index contributed by atoms with van der Waals surface area (Å²) in [5, 5.41) is 12.7. The van der Waals surface area contributed by atoms with Gasteiger partial charge in [-0.3, -0.25) is 4.90 Å². The maximum Gasteiger partial charge on any atom is 0.0611 e.